The summed E-state index contributed by atoms with van der Waals surface area (Å²) >= 11 is 0. The number of aliphatic imine (C=N–C) groups is 1. The Morgan fingerprint density at radius 3 is 2.74 bits per heavy atom. The van der Waals surface area contributed by atoms with E-state index in [1.54, 1.807) is 7.11 Å². The minimum absolute atomic E-state index is 0. The zero-order chi connectivity index (χ0) is 16.4. The maximum Gasteiger partial charge on any atom is 0.193 e. The van der Waals surface area contributed by atoms with Gasteiger partial charge in [-0.3, -0.25) is 4.99 Å². The average Bonchev–Trinajstić information content (AvgIpc) is 2.91. The zero-order valence-electron chi connectivity index (χ0n) is 15.7. The Morgan fingerprint density at radius 1 is 1.39 bits per heavy atom. The standard InChI is InChI=1S/C17H36N4O.HI/c1-6-18-17(19-8-10-20(4)11-12-22-5)21-9-7-16(14-21)13-15(2)3;/h15-16H,6-14H2,1-5H3,(H,18,19);1H. The van der Waals surface area contributed by atoms with Crippen molar-refractivity contribution in [1.82, 2.24) is 15.1 Å². The second kappa shape index (κ2) is 13.2. The minimum atomic E-state index is 0. The lowest BCUT2D eigenvalue weighted by atomic mass is 9.97. The molecule has 0 aromatic rings. The van der Waals surface area contributed by atoms with Crippen molar-refractivity contribution >= 4 is 29.9 Å². The van der Waals surface area contributed by atoms with E-state index in [2.05, 4.69) is 42.9 Å². The summed E-state index contributed by atoms with van der Waals surface area (Å²) in [5, 5.41) is 3.45. The third-order valence-electron chi connectivity index (χ3n) is 4.15. The number of likely N-dealkylation sites (N-methyl/N-ethyl adjacent to an activating group) is 1. The number of methoxy groups -OCH3 is 1. The molecule has 0 bridgehead atoms. The molecule has 1 aliphatic heterocycles. The van der Waals surface area contributed by atoms with Crippen LogP contribution >= 0.6 is 24.0 Å². The molecular weight excluding hydrogens is 403 g/mol. The highest BCUT2D eigenvalue weighted by atomic mass is 127. The molecule has 0 aromatic carbocycles. The molecule has 1 saturated heterocycles. The minimum Gasteiger partial charge on any atom is -0.383 e. The molecule has 6 heteroatoms. The Bertz CT molecular complexity index is 326. The Kier molecular flexibility index (Phi) is 13.2. The number of halogens is 1. The second-order valence-corrected chi connectivity index (χ2v) is 6.76. The molecule has 5 nitrogen and oxygen atoms in total. The molecule has 1 N–H and O–H groups in total. The van der Waals surface area contributed by atoms with Crippen LogP contribution < -0.4 is 5.32 Å². The topological polar surface area (TPSA) is 40.1 Å². The van der Waals surface area contributed by atoms with Crippen LogP contribution in [0.25, 0.3) is 0 Å². The van der Waals surface area contributed by atoms with Gasteiger partial charge in [0.1, 0.15) is 0 Å². The third-order valence-corrected chi connectivity index (χ3v) is 4.15. The molecule has 0 radical (unpaired) electrons. The molecule has 23 heavy (non-hydrogen) atoms. The molecule has 0 aromatic heterocycles. The summed E-state index contributed by atoms with van der Waals surface area (Å²) in [6.07, 6.45) is 2.63. The SMILES string of the molecule is CCNC(=NCCN(C)CCOC)N1CCC(CC(C)C)C1.I. The summed E-state index contributed by atoms with van der Waals surface area (Å²) in [4.78, 5) is 9.51. The van der Waals surface area contributed by atoms with Crippen molar-refractivity contribution in [2.75, 3.05) is 60.0 Å². The highest BCUT2D eigenvalue weighted by molar-refractivity contribution is 14.0. The normalized spacial score (nSPS) is 18.7. The second-order valence-electron chi connectivity index (χ2n) is 6.76. The van der Waals surface area contributed by atoms with E-state index < -0.39 is 0 Å². The van der Waals surface area contributed by atoms with Crippen LogP contribution in [0.2, 0.25) is 0 Å². The van der Waals surface area contributed by atoms with E-state index in [0.29, 0.717) is 0 Å². The van der Waals surface area contributed by atoms with Crippen molar-refractivity contribution in [1.29, 1.82) is 0 Å². The lowest BCUT2D eigenvalue weighted by Crippen LogP contribution is -2.40. The highest BCUT2D eigenvalue weighted by Gasteiger charge is 2.25. The smallest absolute Gasteiger partial charge is 0.193 e. The Balaban J connectivity index is 0.00000484. The quantitative estimate of drug-likeness (QED) is 0.340. The first kappa shape index (κ1) is 22.9. The number of ether oxygens (including phenoxy) is 1. The average molecular weight is 440 g/mol. The molecule has 0 saturated carbocycles. The van der Waals surface area contributed by atoms with Gasteiger partial charge in [-0.25, -0.2) is 0 Å². The zero-order valence-corrected chi connectivity index (χ0v) is 18.0. The number of rotatable bonds is 9. The predicted octanol–water partition coefficient (Wildman–Crippen LogP) is 2.52. The molecule has 1 heterocycles. The fourth-order valence-electron chi connectivity index (χ4n) is 3.00. The maximum atomic E-state index is 5.11. The van der Waals surface area contributed by atoms with Gasteiger partial charge in [-0.2, -0.15) is 0 Å². The van der Waals surface area contributed by atoms with Gasteiger partial charge < -0.3 is 19.9 Å². The Labute approximate surface area is 160 Å². The molecular formula is C17H37IN4O. The highest BCUT2D eigenvalue weighted by Crippen LogP contribution is 2.23. The van der Waals surface area contributed by atoms with Crippen molar-refractivity contribution < 1.29 is 4.74 Å². The monoisotopic (exact) mass is 440 g/mol. The summed E-state index contributed by atoms with van der Waals surface area (Å²) in [5.74, 6) is 2.71. The van der Waals surface area contributed by atoms with Crippen LogP contribution in [-0.2, 0) is 4.74 Å². The van der Waals surface area contributed by atoms with Crippen LogP contribution in [0.3, 0.4) is 0 Å². The van der Waals surface area contributed by atoms with Gasteiger partial charge in [0.15, 0.2) is 5.96 Å². The van der Waals surface area contributed by atoms with Gasteiger partial charge in [-0.1, -0.05) is 13.8 Å². The number of hydrogen-bond donors (Lipinski definition) is 1. The summed E-state index contributed by atoms with van der Waals surface area (Å²) in [6.45, 7) is 13.6. The van der Waals surface area contributed by atoms with E-state index >= 15 is 0 Å². The van der Waals surface area contributed by atoms with Gasteiger partial charge >= 0.3 is 0 Å². The largest absolute Gasteiger partial charge is 0.383 e. The van der Waals surface area contributed by atoms with Crippen LogP contribution in [0.5, 0.6) is 0 Å². The third kappa shape index (κ3) is 9.72. The summed E-state index contributed by atoms with van der Waals surface area (Å²) in [6, 6.07) is 0. The molecule has 1 aliphatic rings. The van der Waals surface area contributed by atoms with Crippen molar-refractivity contribution in [3.05, 3.63) is 0 Å². The number of nitrogens with zero attached hydrogens (tertiary/aromatic N) is 3. The van der Waals surface area contributed by atoms with Gasteiger partial charge in [-0.15, -0.1) is 24.0 Å². The number of guanidine groups is 1. The van der Waals surface area contributed by atoms with E-state index in [0.717, 1.165) is 63.7 Å². The summed E-state index contributed by atoms with van der Waals surface area (Å²) in [5.41, 5.74) is 0. The Hall–Kier alpha value is -0.0800. The van der Waals surface area contributed by atoms with Crippen molar-refractivity contribution in [3.8, 4) is 0 Å². The van der Waals surface area contributed by atoms with Gasteiger partial charge in [0.2, 0.25) is 0 Å². The van der Waals surface area contributed by atoms with E-state index in [9.17, 15) is 0 Å². The molecule has 0 aliphatic carbocycles. The predicted molar refractivity (Wildman–Crippen MR) is 110 cm³/mol. The first-order valence-corrected chi connectivity index (χ1v) is 8.77. The molecule has 0 spiro atoms. The van der Waals surface area contributed by atoms with Gasteiger partial charge in [-0.05, 0) is 38.6 Å². The molecule has 1 fully saturated rings. The fourth-order valence-corrected chi connectivity index (χ4v) is 3.00. The van der Waals surface area contributed by atoms with Gasteiger partial charge in [0.25, 0.3) is 0 Å². The van der Waals surface area contributed by atoms with E-state index in [1.165, 1.54) is 12.8 Å². The van der Waals surface area contributed by atoms with Crippen molar-refractivity contribution in [3.63, 3.8) is 0 Å². The molecule has 1 atom stereocenters. The van der Waals surface area contributed by atoms with Crippen molar-refractivity contribution in [2.24, 2.45) is 16.8 Å². The molecule has 0 amide bonds. The number of nitrogens with one attached hydrogen (secondary N) is 1. The van der Waals surface area contributed by atoms with Crippen LogP contribution in [0.4, 0.5) is 0 Å². The molecule has 1 rings (SSSR count). The number of likely N-dealkylation sites (tertiary alicyclic amines) is 1. The molecule has 138 valence electrons. The van der Waals surface area contributed by atoms with E-state index in [-0.39, 0.29) is 24.0 Å². The van der Waals surface area contributed by atoms with E-state index in [1.807, 2.05) is 0 Å². The fraction of sp³-hybridized carbons (Fsp3) is 0.941. The van der Waals surface area contributed by atoms with E-state index in [4.69, 9.17) is 9.73 Å². The van der Waals surface area contributed by atoms with Crippen LogP contribution in [0.15, 0.2) is 4.99 Å². The molecule has 1 unspecified atom stereocenters. The first-order chi connectivity index (χ1) is 10.6. The Morgan fingerprint density at radius 2 is 2.13 bits per heavy atom. The first-order valence-electron chi connectivity index (χ1n) is 8.77. The van der Waals surface area contributed by atoms with Crippen LogP contribution in [-0.4, -0.2) is 75.8 Å². The maximum absolute atomic E-state index is 5.11. The van der Waals surface area contributed by atoms with Crippen LogP contribution in [0, 0.1) is 11.8 Å². The van der Waals surface area contributed by atoms with Gasteiger partial charge in [0, 0.05) is 39.8 Å². The summed E-state index contributed by atoms with van der Waals surface area (Å²) in [7, 11) is 3.87. The van der Waals surface area contributed by atoms with Crippen molar-refractivity contribution in [2.45, 2.75) is 33.6 Å². The number of hydrogen-bond acceptors (Lipinski definition) is 3. The lowest BCUT2D eigenvalue weighted by molar-refractivity contribution is 0.163. The van der Waals surface area contributed by atoms with Crippen LogP contribution in [0.1, 0.15) is 33.6 Å². The lowest BCUT2D eigenvalue weighted by Gasteiger charge is -2.22. The summed E-state index contributed by atoms with van der Waals surface area (Å²) < 4.78 is 5.11. The van der Waals surface area contributed by atoms with Gasteiger partial charge in [0.05, 0.1) is 13.2 Å².